The molecule has 74 valence electrons. The van der Waals surface area contributed by atoms with Gasteiger partial charge in [0.2, 0.25) is 0 Å². The van der Waals surface area contributed by atoms with E-state index >= 15 is 0 Å². The van der Waals surface area contributed by atoms with Crippen molar-refractivity contribution >= 4 is 11.6 Å². The van der Waals surface area contributed by atoms with Crippen LogP contribution in [0.25, 0.3) is 0 Å². The lowest BCUT2D eigenvalue weighted by atomic mass is 10.1. The van der Waals surface area contributed by atoms with Crippen LogP contribution in [0.5, 0.6) is 0 Å². The monoisotopic (exact) mass is 192 g/mol. The van der Waals surface area contributed by atoms with Crippen LogP contribution in [0.2, 0.25) is 0 Å². The van der Waals surface area contributed by atoms with Crippen molar-refractivity contribution in [3.8, 4) is 0 Å². The van der Waals surface area contributed by atoms with Gasteiger partial charge in [-0.2, -0.15) is 0 Å². The number of hydrogen-bond donors (Lipinski definition) is 1. The van der Waals surface area contributed by atoms with E-state index in [1.165, 1.54) is 0 Å². The summed E-state index contributed by atoms with van der Waals surface area (Å²) >= 11 is 5.62. The zero-order valence-electron chi connectivity index (χ0n) is 8.44. The van der Waals surface area contributed by atoms with Gasteiger partial charge < -0.3 is 10.2 Å². The topological polar surface area (TPSA) is 15.3 Å². The van der Waals surface area contributed by atoms with Gasteiger partial charge in [-0.15, -0.1) is 11.6 Å². The highest BCUT2D eigenvalue weighted by molar-refractivity contribution is 6.17. The average molecular weight is 193 g/mol. The highest BCUT2D eigenvalue weighted by Gasteiger charge is 1.99. The minimum absolute atomic E-state index is 0.699. The van der Waals surface area contributed by atoms with E-state index in [2.05, 4.69) is 31.2 Å². The molecular formula is C9H21ClN2. The second kappa shape index (κ2) is 7.84. The summed E-state index contributed by atoms with van der Waals surface area (Å²) in [6, 6.07) is 0. The molecule has 0 radical (unpaired) electrons. The molecule has 12 heavy (non-hydrogen) atoms. The number of rotatable bonds is 7. The zero-order chi connectivity index (χ0) is 9.40. The first-order valence-electron chi connectivity index (χ1n) is 4.58. The quantitative estimate of drug-likeness (QED) is 0.485. The van der Waals surface area contributed by atoms with Gasteiger partial charge in [-0.3, -0.25) is 0 Å². The fourth-order valence-electron chi connectivity index (χ4n) is 0.939. The van der Waals surface area contributed by atoms with Crippen molar-refractivity contribution in [2.45, 2.75) is 13.3 Å². The molecule has 0 spiro atoms. The molecule has 1 N–H and O–H groups in total. The molecule has 0 aromatic heterocycles. The van der Waals surface area contributed by atoms with Crippen LogP contribution in [-0.4, -0.2) is 44.5 Å². The summed E-state index contributed by atoms with van der Waals surface area (Å²) in [4.78, 5) is 2.18. The number of nitrogens with one attached hydrogen (secondary N) is 1. The molecule has 2 nitrogen and oxygen atoms in total. The summed E-state index contributed by atoms with van der Waals surface area (Å²) in [5.41, 5.74) is 0. The van der Waals surface area contributed by atoms with E-state index in [1.807, 2.05) is 0 Å². The summed E-state index contributed by atoms with van der Waals surface area (Å²) < 4.78 is 0. The van der Waals surface area contributed by atoms with E-state index in [9.17, 15) is 0 Å². The standard InChI is InChI=1S/C9H21ClN2/c1-9(4-5-10)8-11-6-7-12(2)3/h9,11H,4-8H2,1-3H3. The third kappa shape index (κ3) is 8.31. The fourth-order valence-corrected chi connectivity index (χ4v) is 1.31. The number of likely N-dealkylation sites (N-methyl/N-ethyl adjacent to an activating group) is 1. The average Bonchev–Trinajstić information content (AvgIpc) is 1.98. The van der Waals surface area contributed by atoms with E-state index < -0.39 is 0 Å². The molecular weight excluding hydrogens is 172 g/mol. The van der Waals surface area contributed by atoms with Crippen LogP contribution in [0.15, 0.2) is 0 Å². The molecule has 0 saturated heterocycles. The molecule has 1 unspecified atom stereocenters. The first-order chi connectivity index (χ1) is 5.66. The Morgan fingerprint density at radius 3 is 2.58 bits per heavy atom. The van der Waals surface area contributed by atoms with Gasteiger partial charge in [0.1, 0.15) is 0 Å². The molecule has 0 heterocycles. The van der Waals surface area contributed by atoms with E-state index in [-0.39, 0.29) is 0 Å². The molecule has 0 bridgehead atoms. The smallest absolute Gasteiger partial charge is 0.0226 e. The Morgan fingerprint density at radius 2 is 2.08 bits per heavy atom. The van der Waals surface area contributed by atoms with E-state index in [1.54, 1.807) is 0 Å². The largest absolute Gasteiger partial charge is 0.315 e. The van der Waals surface area contributed by atoms with Crippen LogP contribution >= 0.6 is 11.6 Å². The highest BCUT2D eigenvalue weighted by Crippen LogP contribution is 2.00. The summed E-state index contributed by atoms with van der Waals surface area (Å²) in [5, 5.41) is 3.40. The van der Waals surface area contributed by atoms with Crippen molar-refractivity contribution in [3.05, 3.63) is 0 Å². The second-order valence-electron chi connectivity index (χ2n) is 3.59. The number of hydrogen-bond acceptors (Lipinski definition) is 2. The van der Waals surface area contributed by atoms with Gasteiger partial charge in [-0.05, 0) is 33.0 Å². The molecule has 1 atom stereocenters. The predicted molar refractivity (Wildman–Crippen MR) is 55.9 cm³/mol. The minimum Gasteiger partial charge on any atom is -0.315 e. The van der Waals surface area contributed by atoms with Gasteiger partial charge in [-0.25, -0.2) is 0 Å². The SMILES string of the molecule is CC(CCCl)CNCCN(C)C. The van der Waals surface area contributed by atoms with E-state index in [0.717, 1.165) is 31.9 Å². The molecule has 0 saturated carbocycles. The maximum Gasteiger partial charge on any atom is 0.0226 e. The van der Waals surface area contributed by atoms with Gasteiger partial charge in [0.05, 0.1) is 0 Å². The van der Waals surface area contributed by atoms with Gasteiger partial charge in [0, 0.05) is 19.0 Å². The van der Waals surface area contributed by atoms with Gasteiger partial charge >= 0.3 is 0 Å². The van der Waals surface area contributed by atoms with Crippen LogP contribution in [0.1, 0.15) is 13.3 Å². The van der Waals surface area contributed by atoms with Crippen molar-refractivity contribution in [2.75, 3.05) is 39.6 Å². The zero-order valence-corrected chi connectivity index (χ0v) is 9.19. The van der Waals surface area contributed by atoms with Gasteiger partial charge in [-0.1, -0.05) is 6.92 Å². The van der Waals surface area contributed by atoms with Crippen LogP contribution in [0.4, 0.5) is 0 Å². The lowest BCUT2D eigenvalue weighted by Crippen LogP contribution is -2.29. The number of alkyl halides is 1. The van der Waals surface area contributed by atoms with Crippen molar-refractivity contribution in [3.63, 3.8) is 0 Å². The molecule has 0 aliphatic heterocycles. The summed E-state index contributed by atoms with van der Waals surface area (Å²) in [6.07, 6.45) is 1.11. The first-order valence-corrected chi connectivity index (χ1v) is 5.11. The highest BCUT2D eigenvalue weighted by atomic mass is 35.5. The summed E-state index contributed by atoms with van der Waals surface area (Å²) in [7, 11) is 4.17. The summed E-state index contributed by atoms with van der Waals surface area (Å²) in [6.45, 7) is 5.48. The minimum atomic E-state index is 0.699. The Balaban J connectivity index is 3.08. The fraction of sp³-hybridized carbons (Fsp3) is 1.00. The molecule has 0 aromatic rings. The predicted octanol–water partition coefficient (Wildman–Crippen LogP) is 1.40. The third-order valence-corrected chi connectivity index (χ3v) is 2.05. The molecule has 0 amide bonds. The maximum absolute atomic E-state index is 5.62. The molecule has 3 heteroatoms. The van der Waals surface area contributed by atoms with Gasteiger partial charge in [0.25, 0.3) is 0 Å². The molecule has 0 rings (SSSR count). The van der Waals surface area contributed by atoms with Crippen molar-refractivity contribution < 1.29 is 0 Å². The molecule has 0 aromatic carbocycles. The van der Waals surface area contributed by atoms with Crippen LogP contribution in [0, 0.1) is 5.92 Å². The lowest BCUT2D eigenvalue weighted by molar-refractivity contribution is 0.389. The third-order valence-electron chi connectivity index (χ3n) is 1.83. The summed E-state index contributed by atoms with van der Waals surface area (Å²) in [5.74, 6) is 1.47. The van der Waals surface area contributed by atoms with E-state index in [4.69, 9.17) is 11.6 Å². The van der Waals surface area contributed by atoms with Gasteiger partial charge in [0.15, 0.2) is 0 Å². The molecule has 0 aliphatic carbocycles. The second-order valence-corrected chi connectivity index (χ2v) is 3.97. The molecule has 0 fully saturated rings. The lowest BCUT2D eigenvalue weighted by Gasteiger charge is -2.13. The van der Waals surface area contributed by atoms with Crippen molar-refractivity contribution in [1.29, 1.82) is 0 Å². The Kier molecular flexibility index (Phi) is 7.98. The number of halogens is 1. The maximum atomic E-state index is 5.62. The normalized spacial score (nSPS) is 13.8. The molecule has 0 aliphatic rings. The Bertz CT molecular complexity index is 96.5. The van der Waals surface area contributed by atoms with Crippen molar-refractivity contribution in [1.82, 2.24) is 10.2 Å². The van der Waals surface area contributed by atoms with Crippen LogP contribution in [0.3, 0.4) is 0 Å². The Morgan fingerprint density at radius 1 is 1.42 bits per heavy atom. The number of nitrogens with zero attached hydrogens (tertiary/aromatic N) is 1. The Labute approximate surface area is 81.3 Å². The first kappa shape index (κ1) is 12.2. The van der Waals surface area contributed by atoms with Crippen molar-refractivity contribution in [2.24, 2.45) is 5.92 Å². The van der Waals surface area contributed by atoms with Crippen LogP contribution < -0.4 is 5.32 Å². The van der Waals surface area contributed by atoms with Crippen LogP contribution in [-0.2, 0) is 0 Å². The Hall–Kier alpha value is 0.210. The van der Waals surface area contributed by atoms with E-state index in [0.29, 0.717) is 5.92 Å².